The van der Waals surface area contributed by atoms with Crippen LogP contribution in [0.3, 0.4) is 0 Å². The average Bonchev–Trinajstić information content (AvgIpc) is 3.61. The van der Waals surface area contributed by atoms with Crippen LogP contribution >= 0.6 is 11.3 Å². The average molecular weight is 477 g/mol. The number of likely N-dealkylation sites (tertiary alicyclic amines) is 1. The van der Waals surface area contributed by atoms with E-state index in [0.717, 1.165) is 5.56 Å². The molecule has 2 aromatic carbocycles. The number of nitrogens with zero attached hydrogens (tertiary/aromatic N) is 3. The molecular formula is C24H20N4O5S. The van der Waals surface area contributed by atoms with Crippen LogP contribution in [0.25, 0.3) is 11.5 Å². The van der Waals surface area contributed by atoms with Crippen molar-refractivity contribution in [2.45, 2.75) is 12.5 Å². The Morgan fingerprint density at radius 2 is 1.94 bits per heavy atom. The molecule has 1 aliphatic heterocycles. The molecule has 5 rings (SSSR count). The van der Waals surface area contributed by atoms with E-state index in [1.54, 1.807) is 60.1 Å². The van der Waals surface area contributed by atoms with E-state index >= 15 is 0 Å². The number of amides is 2. The Bertz CT molecular complexity index is 1290. The van der Waals surface area contributed by atoms with Gasteiger partial charge in [-0.15, -0.1) is 11.3 Å². The summed E-state index contributed by atoms with van der Waals surface area (Å²) < 4.78 is 17.3. The minimum atomic E-state index is -0.602. The molecule has 3 heterocycles. The fraction of sp³-hybridized carbons (Fsp3) is 0.167. The molecule has 0 spiro atoms. The van der Waals surface area contributed by atoms with Crippen LogP contribution in [0, 0.1) is 0 Å². The second-order valence-electron chi connectivity index (χ2n) is 7.60. The van der Waals surface area contributed by atoms with Crippen molar-refractivity contribution in [2.75, 3.05) is 18.9 Å². The van der Waals surface area contributed by atoms with Gasteiger partial charge in [-0.25, -0.2) is 9.97 Å². The largest absolute Gasteiger partial charge is 0.480 e. The van der Waals surface area contributed by atoms with Gasteiger partial charge in [-0.2, -0.15) is 0 Å². The maximum absolute atomic E-state index is 12.9. The molecule has 1 atom stereocenters. The number of rotatable bonds is 7. The number of carbonyl (C=O) groups excluding carboxylic acids is 2. The van der Waals surface area contributed by atoms with Crippen LogP contribution in [0.5, 0.6) is 17.2 Å². The number of oxazole rings is 1. The van der Waals surface area contributed by atoms with E-state index in [9.17, 15) is 9.59 Å². The van der Waals surface area contributed by atoms with Crippen molar-refractivity contribution in [2.24, 2.45) is 0 Å². The number of likely N-dealkylation sites (N-methyl/N-ethyl adjacent to an activating group) is 1. The third-order valence-corrected chi connectivity index (χ3v) is 5.91. The van der Waals surface area contributed by atoms with Crippen LogP contribution < -0.4 is 14.8 Å². The van der Waals surface area contributed by atoms with Crippen LogP contribution in [0.15, 0.2) is 70.9 Å². The summed E-state index contributed by atoms with van der Waals surface area (Å²) >= 11 is 1.32. The first-order valence-electron chi connectivity index (χ1n) is 10.5. The summed E-state index contributed by atoms with van der Waals surface area (Å²) in [6.45, 7) is 0.619. The van der Waals surface area contributed by atoms with Crippen LogP contribution in [0.1, 0.15) is 16.8 Å². The summed E-state index contributed by atoms with van der Waals surface area (Å²) in [5.74, 6) is 1.36. The van der Waals surface area contributed by atoms with Crippen LogP contribution in [0.4, 0.5) is 5.13 Å². The van der Waals surface area contributed by atoms with Crippen molar-refractivity contribution >= 4 is 28.3 Å². The van der Waals surface area contributed by atoms with E-state index in [0.29, 0.717) is 46.8 Å². The Morgan fingerprint density at radius 1 is 1.12 bits per heavy atom. The minimum absolute atomic E-state index is 0.0952. The Kier molecular flexibility index (Phi) is 5.96. The molecule has 34 heavy (non-hydrogen) atoms. The van der Waals surface area contributed by atoms with Gasteiger partial charge in [-0.05, 0) is 36.4 Å². The van der Waals surface area contributed by atoms with E-state index in [4.69, 9.17) is 13.9 Å². The summed E-state index contributed by atoms with van der Waals surface area (Å²) in [6, 6.07) is 12.1. The highest BCUT2D eigenvalue weighted by Crippen LogP contribution is 2.31. The standard InChI is InChI=1S/C24H20N4O5S/c1-28-9-6-20(23(28)30)33-19-13-16(21(29)27-24-26-8-11-34-24)12-18(14-19)32-17-4-2-15(3-5-17)22-25-7-10-31-22/h2-5,7-8,10-14,20H,6,9H2,1H3,(H,26,27,29). The van der Waals surface area contributed by atoms with Crippen molar-refractivity contribution in [3.05, 3.63) is 72.1 Å². The maximum atomic E-state index is 12.9. The number of aromatic nitrogens is 2. The molecule has 4 aromatic rings. The molecule has 1 saturated heterocycles. The monoisotopic (exact) mass is 476 g/mol. The Morgan fingerprint density at radius 3 is 2.62 bits per heavy atom. The first-order valence-corrected chi connectivity index (χ1v) is 11.4. The highest BCUT2D eigenvalue weighted by Gasteiger charge is 2.31. The van der Waals surface area contributed by atoms with Gasteiger partial charge in [0.1, 0.15) is 23.5 Å². The van der Waals surface area contributed by atoms with E-state index in [1.165, 1.54) is 17.6 Å². The molecule has 9 nitrogen and oxygen atoms in total. The SMILES string of the molecule is CN1CCC(Oc2cc(Oc3ccc(-c4ncco4)cc3)cc(C(=O)Nc3nccs3)c2)C1=O. The summed E-state index contributed by atoms with van der Waals surface area (Å²) in [5.41, 5.74) is 1.12. The lowest BCUT2D eigenvalue weighted by Gasteiger charge is -2.15. The molecule has 2 aromatic heterocycles. The number of anilines is 1. The molecule has 0 bridgehead atoms. The zero-order valence-corrected chi connectivity index (χ0v) is 19.0. The highest BCUT2D eigenvalue weighted by molar-refractivity contribution is 7.13. The van der Waals surface area contributed by atoms with Gasteiger partial charge in [0.2, 0.25) is 5.89 Å². The molecular weight excluding hydrogens is 456 g/mol. The first-order chi connectivity index (χ1) is 16.5. The minimum Gasteiger partial charge on any atom is -0.480 e. The molecule has 1 aliphatic rings. The quantitative estimate of drug-likeness (QED) is 0.420. The van der Waals surface area contributed by atoms with E-state index in [1.807, 2.05) is 12.1 Å². The van der Waals surface area contributed by atoms with Gasteiger partial charge in [0, 0.05) is 48.8 Å². The molecule has 10 heteroatoms. The van der Waals surface area contributed by atoms with E-state index < -0.39 is 6.10 Å². The maximum Gasteiger partial charge on any atom is 0.263 e. The number of hydrogen-bond acceptors (Lipinski definition) is 8. The summed E-state index contributed by atoms with van der Waals surface area (Å²) in [7, 11) is 1.74. The van der Waals surface area contributed by atoms with Crippen LogP contribution in [-0.4, -0.2) is 46.4 Å². The second-order valence-corrected chi connectivity index (χ2v) is 8.50. The molecule has 172 valence electrons. The summed E-state index contributed by atoms with van der Waals surface area (Å²) in [5, 5.41) is 5.01. The van der Waals surface area contributed by atoms with Crippen molar-refractivity contribution in [3.63, 3.8) is 0 Å². The summed E-state index contributed by atoms with van der Waals surface area (Å²) in [6.07, 6.45) is 4.67. The lowest BCUT2D eigenvalue weighted by Crippen LogP contribution is -2.29. The van der Waals surface area contributed by atoms with Gasteiger partial charge in [-0.1, -0.05) is 0 Å². The zero-order chi connectivity index (χ0) is 23.5. The molecule has 1 fully saturated rings. The van der Waals surface area contributed by atoms with E-state index in [-0.39, 0.29) is 11.8 Å². The second kappa shape index (κ2) is 9.36. The lowest BCUT2D eigenvalue weighted by atomic mass is 10.1. The number of thiazole rings is 1. The molecule has 0 aliphatic carbocycles. The van der Waals surface area contributed by atoms with Crippen LogP contribution in [-0.2, 0) is 4.79 Å². The van der Waals surface area contributed by atoms with Crippen molar-refractivity contribution in [1.29, 1.82) is 0 Å². The van der Waals surface area contributed by atoms with Crippen molar-refractivity contribution < 1.29 is 23.5 Å². The first kappa shape index (κ1) is 21.7. The smallest absolute Gasteiger partial charge is 0.263 e. The number of nitrogens with one attached hydrogen (secondary N) is 1. The molecule has 2 amide bonds. The number of hydrogen-bond donors (Lipinski definition) is 1. The highest BCUT2D eigenvalue weighted by atomic mass is 32.1. The molecule has 1 N–H and O–H groups in total. The Labute approximate surface area is 199 Å². The number of carbonyl (C=O) groups is 2. The predicted octanol–water partition coefficient (Wildman–Crippen LogP) is 4.45. The van der Waals surface area contributed by atoms with Crippen LogP contribution in [0.2, 0.25) is 0 Å². The molecule has 0 saturated carbocycles. The van der Waals surface area contributed by atoms with Gasteiger partial charge in [0.05, 0.1) is 6.20 Å². The predicted molar refractivity (Wildman–Crippen MR) is 125 cm³/mol. The lowest BCUT2D eigenvalue weighted by molar-refractivity contribution is -0.132. The number of ether oxygens (including phenoxy) is 2. The number of benzene rings is 2. The molecule has 0 radical (unpaired) electrons. The van der Waals surface area contributed by atoms with Crippen molar-refractivity contribution in [3.8, 4) is 28.7 Å². The fourth-order valence-corrected chi connectivity index (χ4v) is 4.04. The normalized spacial score (nSPS) is 15.4. The van der Waals surface area contributed by atoms with E-state index in [2.05, 4.69) is 15.3 Å². The van der Waals surface area contributed by atoms with Gasteiger partial charge in [-0.3, -0.25) is 14.9 Å². The topological polar surface area (TPSA) is 107 Å². The zero-order valence-electron chi connectivity index (χ0n) is 18.1. The van der Waals surface area contributed by atoms with Gasteiger partial charge in [0.25, 0.3) is 11.8 Å². The van der Waals surface area contributed by atoms with Crippen molar-refractivity contribution in [1.82, 2.24) is 14.9 Å². The molecule has 1 unspecified atom stereocenters. The third kappa shape index (κ3) is 4.76. The van der Waals surface area contributed by atoms with Gasteiger partial charge >= 0.3 is 0 Å². The summed E-state index contributed by atoms with van der Waals surface area (Å²) in [4.78, 5) is 35.0. The Balaban J connectivity index is 1.40. The third-order valence-electron chi connectivity index (χ3n) is 5.22. The fourth-order valence-electron chi connectivity index (χ4n) is 3.52. The Hall–Kier alpha value is -4.18. The van der Waals surface area contributed by atoms with Gasteiger partial charge in [0.15, 0.2) is 11.2 Å². The van der Waals surface area contributed by atoms with Gasteiger partial charge < -0.3 is 18.8 Å².